The van der Waals surface area contributed by atoms with Crippen LogP contribution in [0.4, 0.5) is 5.69 Å². The van der Waals surface area contributed by atoms with Crippen molar-refractivity contribution in [1.82, 2.24) is 21.3 Å². The molecule has 4 bridgehead atoms. The molecule has 19 nitrogen and oxygen atoms in total. The highest BCUT2D eigenvalue weighted by atomic mass is 16.6. The van der Waals surface area contributed by atoms with Crippen molar-refractivity contribution in [3.8, 4) is 23.0 Å². The highest BCUT2D eigenvalue weighted by Crippen LogP contribution is 2.44. The maximum Gasteiger partial charge on any atom is 0.328 e. The fraction of sp³-hybridized carbons (Fsp3) is 0.561. The van der Waals surface area contributed by atoms with E-state index in [1.807, 2.05) is 13.8 Å². The number of methoxy groups -OCH3 is 1. The van der Waals surface area contributed by atoms with Gasteiger partial charge in [0.1, 0.15) is 12.1 Å². The molecular weight excluding hydrogens is 782 g/mol. The molecule has 0 saturated heterocycles. The van der Waals surface area contributed by atoms with Gasteiger partial charge < -0.3 is 52.4 Å². The van der Waals surface area contributed by atoms with Gasteiger partial charge in [0.25, 0.3) is 0 Å². The number of phenols is 1. The van der Waals surface area contributed by atoms with E-state index in [0.29, 0.717) is 6.42 Å². The number of carboxylic acid groups (broad SMARTS) is 1. The largest absolute Gasteiger partial charge is 0.504 e. The number of fused-ring (bicyclic) bond motifs is 9. The number of ether oxygens (including phenoxy) is 2. The third-order valence-corrected chi connectivity index (χ3v) is 9.96. The summed E-state index contributed by atoms with van der Waals surface area (Å²) in [5.41, 5.74) is 10.9. The van der Waals surface area contributed by atoms with E-state index in [1.165, 1.54) is 32.1 Å². The van der Waals surface area contributed by atoms with Gasteiger partial charge in [0.2, 0.25) is 41.0 Å². The summed E-state index contributed by atoms with van der Waals surface area (Å²) in [6, 6.07) is -2.13. The highest BCUT2D eigenvalue weighted by molar-refractivity contribution is 5.95. The number of carbonyl (C=O) groups excluding carboxylic acids is 5. The van der Waals surface area contributed by atoms with Gasteiger partial charge in [-0.3, -0.25) is 34.1 Å². The molecule has 2 aliphatic rings. The molecule has 0 fully saturated rings. The average Bonchev–Trinajstić information content (AvgIpc) is 3.17. The number of hydrogen-bond acceptors (Lipinski definition) is 12. The fourth-order valence-electron chi connectivity index (χ4n) is 6.87. The Morgan fingerprint density at radius 2 is 1.63 bits per heavy atom. The average molecular weight is 842 g/mol. The first kappa shape index (κ1) is 48.4. The lowest BCUT2D eigenvalue weighted by molar-refractivity contribution is -0.385. The first-order valence-corrected chi connectivity index (χ1v) is 20.3. The lowest BCUT2D eigenvalue weighted by atomic mass is 9.96. The van der Waals surface area contributed by atoms with Crippen molar-refractivity contribution in [2.75, 3.05) is 7.11 Å². The molecule has 2 heterocycles. The molecule has 10 N–H and O–H groups in total. The zero-order chi connectivity index (χ0) is 44.5. The van der Waals surface area contributed by atoms with E-state index in [1.54, 1.807) is 0 Å². The zero-order valence-corrected chi connectivity index (χ0v) is 34.6. The number of amides is 5. The van der Waals surface area contributed by atoms with Crippen LogP contribution >= 0.6 is 0 Å². The predicted molar refractivity (Wildman–Crippen MR) is 219 cm³/mol. The van der Waals surface area contributed by atoms with Crippen molar-refractivity contribution in [3.63, 3.8) is 0 Å². The van der Waals surface area contributed by atoms with Crippen LogP contribution in [0.25, 0.3) is 0 Å². The Bertz CT molecular complexity index is 1860. The number of carbonyl (C=O) groups is 6. The van der Waals surface area contributed by atoms with E-state index in [0.717, 1.165) is 56.7 Å². The van der Waals surface area contributed by atoms with E-state index in [-0.39, 0.29) is 53.6 Å². The van der Waals surface area contributed by atoms with E-state index in [4.69, 9.17) is 20.9 Å². The highest BCUT2D eigenvalue weighted by Gasteiger charge is 2.37. The normalized spacial score (nSPS) is 17.7. The summed E-state index contributed by atoms with van der Waals surface area (Å²) in [7, 11) is 1.18. The third-order valence-electron chi connectivity index (χ3n) is 9.96. The second kappa shape index (κ2) is 23.6. The molecule has 0 aliphatic carbocycles. The van der Waals surface area contributed by atoms with Crippen LogP contribution < -0.4 is 42.2 Å². The van der Waals surface area contributed by atoms with Crippen LogP contribution in [-0.2, 0) is 35.2 Å². The van der Waals surface area contributed by atoms with Crippen LogP contribution in [0.1, 0.15) is 115 Å². The Morgan fingerprint density at radius 3 is 2.22 bits per heavy atom. The van der Waals surface area contributed by atoms with Gasteiger partial charge in [-0.1, -0.05) is 78.2 Å². The number of primary amides is 1. The molecule has 2 aliphatic heterocycles. The number of nitro groups is 1. The van der Waals surface area contributed by atoms with Gasteiger partial charge in [0.05, 0.1) is 30.5 Å². The van der Waals surface area contributed by atoms with Crippen molar-refractivity contribution in [1.29, 1.82) is 0 Å². The second-order valence-electron chi connectivity index (χ2n) is 15.4. The maximum atomic E-state index is 14.1. The van der Waals surface area contributed by atoms with Crippen LogP contribution in [-0.4, -0.2) is 81.9 Å². The Labute approximate surface area is 348 Å². The Hall–Kier alpha value is -5.98. The van der Waals surface area contributed by atoms with Crippen LogP contribution in [0.5, 0.6) is 23.0 Å². The SMILES string of the molecule is CCCCCCCCCCCC(=O)N[C@@H](C(=O)O)[C@@H]1NC(=O)[C@@H](CC(N)=O)NC(=O)[C@@H](NC(=O)[C@H](N)CC(C)C)Cc2ccc(c([N+](=O)[O-])c2)Oc2cc1cc(O)c2OC. The smallest absolute Gasteiger partial charge is 0.328 e. The summed E-state index contributed by atoms with van der Waals surface area (Å²) < 4.78 is 11.3. The molecule has 0 radical (unpaired) electrons. The van der Waals surface area contributed by atoms with E-state index in [2.05, 4.69) is 28.2 Å². The lowest BCUT2D eigenvalue weighted by Gasteiger charge is -2.30. The van der Waals surface area contributed by atoms with Crippen molar-refractivity contribution < 1.29 is 53.4 Å². The van der Waals surface area contributed by atoms with Crippen LogP contribution in [0.2, 0.25) is 0 Å². The van der Waals surface area contributed by atoms with Gasteiger partial charge in [0, 0.05) is 18.9 Å². The fourth-order valence-corrected chi connectivity index (χ4v) is 6.87. The Kier molecular flexibility index (Phi) is 19.0. The molecule has 4 rings (SSSR count). The minimum atomic E-state index is -1.92. The van der Waals surface area contributed by atoms with Crippen LogP contribution in [0.3, 0.4) is 0 Å². The number of rotatable bonds is 21. The quantitative estimate of drug-likeness (QED) is 0.0508. The molecule has 0 saturated carbocycles. The number of hydrogen-bond donors (Lipinski definition) is 8. The number of unbranched alkanes of at least 4 members (excludes halogenated alkanes) is 8. The number of aromatic hydroxyl groups is 1. The Morgan fingerprint density at radius 1 is 0.983 bits per heavy atom. The first-order valence-electron chi connectivity index (χ1n) is 20.3. The maximum absolute atomic E-state index is 14.1. The van der Waals surface area contributed by atoms with E-state index < -0.39 is 88.5 Å². The summed E-state index contributed by atoms with van der Waals surface area (Å²) in [5, 5.41) is 43.8. The minimum absolute atomic E-state index is 0.00205. The molecule has 60 heavy (non-hydrogen) atoms. The molecule has 2 aromatic rings. The first-order chi connectivity index (χ1) is 28.4. The Balaban J connectivity index is 2.12. The van der Waals surface area contributed by atoms with Gasteiger partial charge in [-0.15, -0.1) is 0 Å². The molecule has 0 spiro atoms. The number of nitrogens with two attached hydrogens (primary N) is 2. The van der Waals surface area contributed by atoms with E-state index in [9.17, 15) is 49.1 Å². The van der Waals surface area contributed by atoms with Crippen molar-refractivity contribution in [2.45, 2.75) is 134 Å². The van der Waals surface area contributed by atoms with Crippen molar-refractivity contribution >= 4 is 41.2 Å². The molecule has 5 atom stereocenters. The van der Waals surface area contributed by atoms with Gasteiger partial charge in [-0.25, -0.2) is 4.79 Å². The molecule has 0 unspecified atom stereocenters. The van der Waals surface area contributed by atoms with Gasteiger partial charge in [-0.2, -0.15) is 0 Å². The lowest BCUT2D eigenvalue weighted by Crippen LogP contribution is -2.58. The number of nitrogens with one attached hydrogen (secondary N) is 4. The monoisotopic (exact) mass is 841 g/mol. The third kappa shape index (κ3) is 14.7. The molecular formula is C41H59N7O12. The molecule has 0 aromatic heterocycles. The number of nitro benzene ring substituents is 1. The summed E-state index contributed by atoms with van der Waals surface area (Å²) >= 11 is 0. The van der Waals surface area contributed by atoms with Crippen molar-refractivity contribution in [2.24, 2.45) is 17.4 Å². The molecule has 2 aromatic carbocycles. The summed E-state index contributed by atoms with van der Waals surface area (Å²) in [6.45, 7) is 5.81. The summed E-state index contributed by atoms with van der Waals surface area (Å²) in [5.74, 6) is -7.85. The second-order valence-corrected chi connectivity index (χ2v) is 15.4. The summed E-state index contributed by atoms with van der Waals surface area (Å²) in [6.07, 6.45) is 7.79. The van der Waals surface area contributed by atoms with Gasteiger partial charge in [0.15, 0.2) is 17.5 Å². The standard InChI is InChI=1S/C41H59N7O12/c1-5-6-7-8-9-10-11-12-13-14-34(51)46-36(41(55)56)35-25-20-30(49)37(59-4)32(21-25)60-31-16-15-24(19-29(31)48(57)58)18-27(44-38(52)26(42)17-23(2)3)39(53)45-28(22-33(43)50)40(54)47-35/h15-16,19-21,23,26-28,35-36,49H,5-14,17-18,22,42H2,1-4H3,(H2,43,50)(H,44,52)(H,45,53)(H,46,51)(H,47,54)(H,55,56)/t26-,27+,28-,35-,36-/m1/s1. The van der Waals surface area contributed by atoms with Gasteiger partial charge in [-0.05, 0) is 48.1 Å². The van der Waals surface area contributed by atoms with Crippen molar-refractivity contribution in [3.05, 3.63) is 51.6 Å². The van der Waals surface area contributed by atoms with Gasteiger partial charge >= 0.3 is 11.7 Å². The number of benzene rings is 2. The van der Waals surface area contributed by atoms with Crippen LogP contribution in [0, 0.1) is 16.0 Å². The zero-order valence-electron chi connectivity index (χ0n) is 34.6. The molecule has 5 amide bonds. The number of nitrogens with zero attached hydrogens (tertiary/aromatic N) is 1. The topological polar surface area (TPSA) is 305 Å². The van der Waals surface area contributed by atoms with Crippen LogP contribution in [0.15, 0.2) is 30.3 Å². The summed E-state index contributed by atoms with van der Waals surface area (Å²) in [4.78, 5) is 91.3. The molecule has 19 heteroatoms. The van der Waals surface area contributed by atoms with E-state index >= 15 is 0 Å². The molecule has 330 valence electrons. The number of aliphatic carboxylic acids is 1. The predicted octanol–water partition coefficient (Wildman–Crippen LogP) is 3.52. The minimum Gasteiger partial charge on any atom is -0.504 e. The number of carboxylic acids is 1. The number of phenolic OH excluding ortho intramolecular Hbond substituents is 1.